The quantitative estimate of drug-likeness (QED) is 0.372. The molecule has 6 nitrogen and oxygen atoms in total. The van der Waals surface area contributed by atoms with Crippen molar-refractivity contribution >= 4 is 29.9 Å². The molecular formula is C19H23FIN3O3. The van der Waals surface area contributed by atoms with Gasteiger partial charge in [0.1, 0.15) is 6.10 Å². The number of benzene rings is 2. The van der Waals surface area contributed by atoms with Crippen molar-refractivity contribution in [2.24, 2.45) is 4.99 Å². The Hall–Kier alpha value is -2.23. The lowest BCUT2D eigenvalue weighted by atomic mass is 10.2. The van der Waals surface area contributed by atoms with Crippen molar-refractivity contribution < 1.29 is 18.6 Å². The molecule has 0 spiro atoms. The molecule has 1 aliphatic heterocycles. The normalized spacial score (nSPS) is 13.5. The lowest BCUT2D eigenvalue weighted by Crippen LogP contribution is -2.41. The summed E-state index contributed by atoms with van der Waals surface area (Å²) in [4.78, 5) is 4.18. The van der Waals surface area contributed by atoms with Crippen LogP contribution in [0.2, 0.25) is 0 Å². The summed E-state index contributed by atoms with van der Waals surface area (Å²) in [6, 6.07) is 12.2. The van der Waals surface area contributed by atoms with Crippen LogP contribution >= 0.6 is 24.0 Å². The Morgan fingerprint density at radius 2 is 1.96 bits per heavy atom. The van der Waals surface area contributed by atoms with Gasteiger partial charge in [-0.2, -0.15) is 0 Å². The fraction of sp³-hybridized carbons (Fsp3) is 0.316. The summed E-state index contributed by atoms with van der Waals surface area (Å²) in [6.45, 7) is 3.19. The Labute approximate surface area is 175 Å². The first-order valence-corrected chi connectivity index (χ1v) is 8.40. The molecule has 0 aromatic heterocycles. The van der Waals surface area contributed by atoms with Crippen molar-refractivity contribution in [3.05, 3.63) is 53.8 Å². The second-order valence-corrected chi connectivity index (χ2v) is 5.85. The molecule has 0 amide bonds. The lowest BCUT2D eigenvalue weighted by Gasteiger charge is -2.18. The van der Waals surface area contributed by atoms with Crippen LogP contribution in [-0.4, -0.2) is 32.4 Å². The van der Waals surface area contributed by atoms with Crippen LogP contribution < -0.4 is 24.8 Å². The molecule has 0 fully saturated rings. The number of hydrogen-bond donors (Lipinski definition) is 2. The molecule has 0 saturated heterocycles. The molecule has 0 saturated carbocycles. The van der Waals surface area contributed by atoms with Crippen LogP contribution in [0.3, 0.4) is 0 Å². The number of nitrogens with zero attached hydrogens (tertiary/aromatic N) is 1. The van der Waals surface area contributed by atoms with Gasteiger partial charge >= 0.3 is 0 Å². The Kier molecular flexibility index (Phi) is 7.96. The molecule has 0 aliphatic carbocycles. The zero-order valence-electron chi connectivity index (χ0n) is 15.2. The van der Waals surface area contributed by atoms with Gasteiger partial charge in [0.05, 0.1) is 6.54 Å². The fourth-order valence-electron chi connectivity index (χ4n) is 2.50. The van der Waals surface area contributed by atoms with Crippen LogP contribution in [0, 0.1) is 5.82 Å². The number of hydrogen-bond acceptors (Lipinski definition) is 4. The first-order valence-electron chi connectivity index (χ1n) is 8.40. The van der Waals surface area contributed by atoms with E-state index in [1.807, 2.05) is 25.1 Å². The minimum absolute atomic E-state index is 0. The molecule has 1 unspecified atom stereocenters. The van der Waals surface area contributed by atoms with E-state index in [4.69, 9.17) is 14.2 Å². The molecule has 2 aromatic carbocycles. The number of ether oxygens (including phenoxy) is 3. The van der Waals surface area contributed by atoms with E-state index in [0.29, 0.717) is 19.0 Å². The standard InChI is InChI=1S/C19H22FN3O3.HI/c1-13(26-16-6-4-3-5-15(16)20)10-22-19(21-2)23-11-14-7-8-17-18(9-14)25-12-24-17;/h3-9,13H,10-12H2,1-2H3,(H2,21,22,23);1H. The third-order valence-electron chi connectivity index (χ3n) is 3.84. The summed E-state index contributed by atoms with van der Waals surface area (Å²) in [5, 5.41) is 6.39. The number of para-hydroxylation sites is 1. The molecule has 8 heteroatoms. The smallest absolute Gasteiger partial charge is 0.231 e. The van der Waals surface area contributed by atoms with Crippen molar-refractivity contribution in [1.29, 1.82) is 0 Å². The number of nitrogens with one attached hydrogen (secondary N) is 2. The molecule has 1 aliphatic rings. The van der Waals surface area contributed by atoms with E-state index < -0.39 is 0 Å². The first-order chi connectivity index (χ1) is 12.7. The SMILES string of the molecule is CN=C(NCc1ccc2c(c1)OCO2)NCC(C)Oc1ccccc1F.I. The summed E-state index contributed by atoms with van der Waals surface area (Å²) in [6.07, 6.45) is -0.226. The number of guanidine groups is 1. The van der Waals surface area contributed by atoms with Crippen molar-refractivity contribution in [3.63, 3.8) is 0 Å². The highest BCUT2D eigenvalue weighted by Crippen LogP contribution is 2.32. The van der Waals surface area contributed by atoms with E-state index in [2.05, 4.69) is 15.6 Å². The summed E-state index contributed by atoms with van der Waals surface area (Å²) in [5.74, 6) is 2.01. The molecule has 0 bridgehead atoms. The predicted molar refractivity (Wildman–Crippen MR) is 113 cm³/mol. The summed E-state index contributed by atoms with van der Waals surface area (Å²) < 4.78 is 29.9. The van der Waals surface area contributed by atoms with E-state index in [1.165, 1.54) is 6.07 Å². The average Bonchev–Trinajstić information content (AvgIpc) is 3.11. The van der Waals surface area contributed by atoms with Gasteiger partial charge in [-0.15, -0.1) is 24.0 Å². The Morgan fingerprint density at radius 1 is 1.19 bits per heavy atom. The van der Waals surface area contributed by atoms with Gasteiger partial charge in [-0.25, -0.2) is 4.39 Å². The van der Waals surface area contributed by atoms with Gasteiger partial charge in [0, 0.05) is 13.6 Å². The second kappa shape index (κ2) is 10.2. The average molecular weight is 487 g/mol. The van der Waals surface area contributed by atoms with Crippen molar-refractivity contribution in [1.82, 2.24) is 10.6 Å². The van der Waals surface area contributed by atoms with E-state index in [1.54, 1.807) is 25.2 Å². The zero-order valence-corrected chi connectivity index (χ0v) is 17.5. The Morgan fingerprint density at radius 3 is 2.74 bits per heavy atom. The van der Waals surface area contributed by atoms with Crippen molar-refractivity contribution in [2.45, 2.75) is 19.6 Å². The van der Waals surface area contributed by atoms with Crippen LogP contribution in [-0.2, 0) is 6.54 Å². The van der Waals surface area contributed by atoms with E-state index in [9.17, 15) is 4.39 Å². The predicted octanol–water partition coefficient (Wildman–Crippen LogP) is 3.30. The van der Waals surface area contributed by atoms with Gasteiger partial charge in [0.2, 0.25) is 6.79 Å². The molecule has 0 radical (unpaired) electrons. The second-order valence-electron chi connectivity index (χ2n) is 5.85. The number of halogens is 2. The lowest BCUT2D eigenvalue weighted by molar-refractivity contribution is 0.174. The third-order valence-corrected chi connectivity index (χ3v) is 3.84. The molecule has 1 heterocycles. The van der Waals surface area contributed by atoms with Crippen LogP contribution in [0.15, 0.2) is 47.5 Å². The van der Waals surface area contributed by atoms with Gasteiger partial charge in [0.25, 0.3) is 0 Å². The van der Waals surface area contributed by atoms with Gasteiger partial charge in [-0.05, 0) is 36.8 Å². The van der Waals surface area contributed by atoms with Gasteiger partial charge in [-0.3, -0.25) is 4.99 Å². The monoisotopic (exact) mass is 487 g/mol. The number of aliphatic imine (C=N–C) groups is 1. The van der Waals surface area contributed by atoms with Crippen LogP contribution in [0.1, 0.15) is 12.5 Å². The highest BCUT2D eigenvalue weighted by Gasteiger charge is 2.13. The number of fused-ring (bicyclic) bond motifs is 1. The fourth-order valence-corrected chi connectivity index (χ4v) is 2.50. The largest absolute Gasteiger partial charge is 0.486 e. The van der Waals surface area contributed by atoms with Crippen molar-refractivity contribution in [3.8, 4) is 17.2 Å². The Bertz CT molecular complexity index is 789. The molecule has 3 rings (SSSR count). The van der Waals surface area contributed by atoms with Gasteiger partial charge in [0.15, 0.2) is 29.0 Å². The molecule has 2 aromatic rings. The van der Waals surface area contributed by atoms with E-state index in [-0.39, 0.29) is 48.4 Å². The van der Waals surface area contributed by atoms with Gasteiger partial charge < -0.3 is 24.8 Å². The molecule has 1 atom stereocenters. The molecular weight excluding hydrogens is 464 g/mol. The number of rotatable bonds is 6. The maximum absolute atomic E-state index is 13.6. The van der Waals surface area contributed by atoms with E-state index >= 15 is 0 Å². The van der Waals surface area contributed by atoms with Crippen LogP contribution in [0.4, 0.5) is 4.39 Å². The van der Waals surface area contributed by atoms with Gasteiger partial charge in [-0.1, -0.05) is 18.2 Å². The zero-order chi connectivity index (χ0) is 18.4. The highest BCUT2D eigenvalue weighted by atomic mass is 127. The summed E-state index contributed by atoms with van der Waals surface area (Å²) in [7, 11) is 1.69. The topological polar surface area (TPSA) is 64.1 Å². The Balaban J connectivity index is 0.00000261. The summed E-state index contributed by atoms with van der Waals surface area (Å²) >= 11 is 0. The first kappa shape index (κ1) is 21.1. The van der Waals surface area contributed by atoms with Crippen molar-refractivity contribution in [2.75, 3.05) is 20.4 Å². The van der Waals surface area contributed by atoms with Crippen LogP contribution in [0.5, 0.6) is 17.2 Å². The minimum atomic E-state index is -0.371. The van der Waals surface area contributed by atoms with E-state index in [0.717, 1.165) is 17.1 Å². The molecule has 27 heavy (non-hydrogen) atoms. The highest BCUT2D eigenvalue weighted by molar-refractivity contribution is 14.0. The molecule has 2 N–H and O–H groups in total. The maximum atomic E-state index is 13.6. The summed E-state index contributed by atoms with van der Waals surface area (Å²) in [5.41, 5.74) is 1.05. The molecule has 146 valence electrons. The minimum Gasteiger partial charge on any atom is -0.486 e. The third kappa shape index (κ3) is 5.88. The van der Waals surface area contributed by atoms with Crippen LogP contribution in [0.25, 0.3) is 0 Å². The maximum Gasteiger partial charge on any atom is 0.231 e.